The maximum absolute atomic E-state index is 6.29. The molecular formula is C31H18ClN3O. The van der Waals surface area contributed by atoms with Crippen LogP contribution in [-0.4, -0.2) is 15.0 Å². The molecule has 0 unspecified atom stereocenters. The van der Waals surface area contributed by atoms with Crippen molar-refractivity contribution >= 4 is 44.3 Å². The van der Waals surface area contributed by atoms with Crippen molar-refractivity contribution in [2.75, 3.05) is 0 Å². The van der Waals surface area contributed by atoms with Gasteiger partial charge < -0.3 is 4.42 Å². The molecule has 4 nitrogen and oxygen atoms in total. The molecule has 36 heavy (non-hydrogen) atoms. The van der Waals surface area contributed by atoms with Gasteiger partial charge in [0.1, 0.15) is 11.2 Å². The molecule has 0 atom stereocenters. The molecule has 7 rings (SSSR count). The van der Waals surface area contributed by atoms with Crippen LogP contribution in [0.15, 0.2) is 114 Å². The summed E-state index contributed by atoms with van der Waals surface area (Å²) >= 11 is 6.29. The molecule has 170 valence electrons. The zero-order valence-electron chi connectivity index (χ0n) is 19.0. The van der Waals surface area contributed by atoms with Crippen LogP contribution in [0.2, 0.25) is 5.28 Å². The molecule has 0 fully saturated rings. The lowest BCUT2D eigenvalue weighted by atomic mass is 9.94. The van der Waals surface area contributed by atoms with Gasteiger partial charge in [0, 0.05) is 21.9 Å². The van der Waals surface area contributed by atoms with Crippen LogP contribution in [0.4, 0.5) is 0 Å². The van der Waals surface area contributed by atoms with Gasteiger partial charge in [0.25, 0.3) is 0 Å². The Balaban J connectivity index is 1.40. The van der Waals surface area contributed by atoms with Crippen molar-refractivity contribution in [3.63, 3.8) is 0 Å². The summed E-state index contributed by atoms with van der Waals surface area (Å²) in [5.74, 6) is 1.10. The lowest BCUT2D eigenvalue weighted by Crippen LogP contribution is -1.97. The van der Waals surface area contributed by atoms with E-state index in [1.54, 1.807) is 0 Å². The van der Waals surface area contributed by atoms with Crippen LogP contribution in [0.3, 0.4) is 0 Å². The zero-order chi connectivity index (χ0) is 24.1. The molecule has 0 radical (unpaired) electrons. The molecule has 0 saturated heterocycles. The van der Waals surface area contributed by atoms with E-state index < -0.39 is 0 Å². The molecule has 0 spiro atoms. The monoisotopic (exact) mass is 483 g/mol. The number of nitrogens with zero attached hydrogens (tertiary/aromatic N) is 3. The van der Waals surface area contributed by atoms with Gasteiger partial charge in [-0.25, -0.2) is 4.98 Å². The fourth-order valence-corrected chi connectivity index (χ4v) is 5.01. The number of fused-ring (bicyclic) bond motifs is 4. The van der Waals surface area contributed by atoms with Gasteiger partial charge in [-0.2, -0.15) is 9.97 Å². The molecule has 7 aromatic rings. The number of para-hydroxylation sites is 1. The first-order valence-electron chi connectivity index (χ1n) is 11.7. The maximum Gasteiger partial charge on any atom is 0.226 e. The third kappa shape index (κ3) is 3.43. The molecule has 0 aliphatic rings. The van der Waals surface area contributed by atoms with Gasteiger partial charge in [-0.1, -0.05) is 91.0 Å². The van der Waals surface area contributed by atoms with Crippen LogP contribution >= 0.6 is 11.6 Å². The highest BCUT2D eigenvalue weighted by Crippen LogP contribution is 2.39. The van der Waals surface area contributed by atoms with Crippen LogP contribution in [-0.2, 0) is 0 Å². The second-order valence-electron chi connectivity index (χ2n) is 8.64. The Morgan fingerprint density at radius 2 is 1.25 bits per heavy atom. The van der Waals surface area contributed by atoms with Crippen molar-refractivity contribution < 1.29 is 4.42 Å². The van der Waals surface area contributed by atoms with Gasteiger partial charge >= 0.3 is 0 Å². The third-order valence-electron chi connectivity index (χ3n) is 6.47. The van der Waals surface area contributed by atoms with Gasteiger partial charge in [0.05, 0.1) is 0 Å². The zero-order valence-corrected chi connectivity index (χ0v) is 19.8. The maximum atomic E-state index is 6.29. The Labute approximate surface area is 211 Å². The molecule has 0 bridgehead atoms. The number of rotatable bonds is 3. The number of aromatic nitrogens is 3. The van der Waals surface area contributed by atoms with Crippen molar-refractivity contribution in [1.29, 1.82) is 0 Å². The minimum absolute atomic E-state index is 0.172. The molecule has 2 aromatic heterocycles. The second-order valence-corrected chi connectivity index (χ2v) is 8.97. The number of benzene rings is 5. The molecule has 2 heterocycles. The highest BCUT2D eigenvalue weighted by atomic mass is 35.5. The highest BCUT2D eigenvalue weighted by molar-refractivity contribution is 6.28. The number of furan rings is 1. The average Bonchev–Trinajstić information content (AvgIpc) is 3.31. The Bertz CT molecular complexity index is 1910. The first-order valence-corrected chi connectivity index (χ1v) is 12.0. The fourth-order valence-electron chi connectivity index (χ4n) is 4.85. The van der Waals surface area contributed by atoms with E-state index in [1.807, 2.05) is 66.7 Å². The fraction of sp³-hybridized carbons (Fsp3) is 0. The largest absolute Gasteiger partial charge is 0.456 e. The number of hydrogen-bond donors (Lipinski definition) is 0. The Morgan fingerprint density at radius 1 is 0.528 bits per heavy atom. The first-order chi connectivity index (χ1) is 17.7. The predicted molar refractivity (Wildman–Crippen MR) is 146 cm³/mol. The summed E-state index contributed by atoms with van der Waals surface area (Å²) in [5.41, 5.74) is 5.85. The van der Waals surface area contributed by atoms with E-state index in [0.29, 0.717) is 11.6 Å². The van der Waals surface area contributed by atoms with Crippen LogP contribution in [0.1, 0.15) is 0 Å². The van der Waals surface area contributed by atoms with Gasteiger partial charge in [-0.05, 0) is 51.7 Å². The first kappa shape index (κ1) is 20.8. The van der Waals surface area contributed by atoms with Crippen molar-refractivity contribution in [2.45, 2.75) is 0 Å². The summed E-state index contributed by atoms with van der Waals surface area (Å²) in [7, 11) is 0. The summed E-state index contributed by atoms with van der Waals surface area (Å²) in [6.45, 7) is 0. The number of hydrogen-bond acceptors (Lipinski definition) is 4. The lowest BCUT2D eigenvalue weighted by molar-refractivity contribution is 0.669. The average molecular weight is 484 g/mol. The standard InChI is InChI=1S/C31H18ClN3O/c32-31-34-29(19-8-2-1-3-9-19)33-30(35-31)21-16-17-22-20(18-21)10-6-12-23(22)24-13-7-15-27-28(24)25-11-4-5-14-26(25)36-27/h1-18H. The predicted octanol–water partition coefficient (Wildman–Crippen LogP) is 8.58. The Kier molecular flexibility index (Phi) is 4.79. The van der Waals surface area contributed by atoms with Gasteiger partial charge in [0.15, 0.2) is 11.6 Å². The highest BCUT2D eigenvalue weighted by Gasteiger charge is 2.15. The van der Waals surface area contributed by atoms with Crippen molar-refractivity contribution in [1.82, 2.24) is 15.0 Å². The van der Waals surface area contributed by atoms with Crippen molar-refractivity contribution in [2.24, 2.45) is 0 Å². The lowest BCUT2D eigenvalue weighted by Gasteiger charge is -2.10. The van der Waals surface area contributed by atoms with Crippen LogP contribution < -0.4 is 0 Å². The summed E-state index contributed by atoms with van der Waals surface area (Å²) in [4.78, 5) is 13.5. The van der Waals surface area contributed by atoms with E-state index in [9.17, 15) is 0 Å². The minimum atomic E-state index is 0.172. The normalized spacial score (nSPS) is 11.5. The molecule has 0 amide bonds. The van der Waals surface area contributed by atoms with Gasteiger partial charge in [0.2, 0.25) is 5.28 Å². The third-order valence-corrected chi connectivity index (χ3v) is 6.64. The topological polar surface area (TPSA) is 51.8 Å². The van der Waals surface area contributed by atoms with Crippen LogP contribution in [0, 0.1) is 0 Å². The van der Waals surface area contributed by atoms with E-state index in [0.717, 1.165) is 55.0 Å². The summed E-state index contributed by atoms with van der Waals surface area (Å²) < 4.78 is 6.13. The van der Waals surface area contributed by atoms with E-state index in [2.05, 4.69) is 52.4 Å². The van der Waals surface area contributed by atoms with Gasteiger partial charge in [-0.15, -0.1) is 0 Å². The molecular weight excluding hydrogens is 466 g/mol. The summed E-state index contributed by atoms with van der Waals surface area (Å²) in [6, 6.07) is 36.8. The van der Waals surface area contributed by atoms with Crippen molar-refractivity contribution in [3.05, 3.63) is 114 Å². The van der Waals surface area contributed by atoms with Crippen molar-refractivity contribution in [3.8, 4) is 33.9 Å². The summed E-state index contributed by atoms with van der Waals surface area (Å²) in [6.07, 6.45) is 0. The Hall–Kier alpha value is -4.54. The second kappa shape index (κ2) is 8.29. The molecule has 0 saturated carbocycles. The minimum Gasteiger partial charge on any atom is -0.456 e. The van der Waals surface area contributed by atoms with Crippen LogP contribution in [0.5, 0.6) is 0 Å². The van der Waals surface area contributed by atoms with E-state index in [4.69, 9.17) is 21.0 Å². The van der Waals surface area contributed by atoms with E-state index >= 15 is 0 Å². The van der Waals surface area contributed by atoms with Crippen LogP contribution in [0.25, 0.3) is 66.6 Å². The molecule has 0 aliphatic heterocycles. The molecule has 5 aromatic carbocycles. The van der Waals surface area contributed by atoms with E-state index in [1.165, 1.54) is 0 Å². The molecule has 0 aliphatic carbocycles. The Morgan fingerprint density at radius 3 is 2.14 bits per heavy atom. The van der Waals surface area contributed by atoms with E-state index in [-0.39, 0.29) is 5.28 Å². The smallest absolute Gasteiger partial charge is 0.226 e. The molecule has 5 heteroatoms. The number of halogens is 1. The molecule has 0 N–H and O–H groups in total. The summed E-state index contributed by atoms with van der Waals surface area (Å²) in [5, 5.41) is 4.65. The van der Waals surface area contributed by atoms with Gasteiger partial charge in [-0.3, -0.25) is 0 Å². The quantitative estimate of drug-likeness (QED) is 0.252. The SMILES string of the molecule is Clc1nc(-c2ccccc2)nc(-c2ccc3c(-c4cccc5oc6ccccc6c45)cccc3c2)n1.